The Balaban J connectivity index is 1.97. The molecule has 0 saturated carbocycles. The Hall–Kier alpha value is -1.84. The van der Waals surface area contributed by atoms with Gasteiger partial charge in [0.1, 0.15) is 18.5 Å². The number of ether oxygens (including phenoxy) is 1. The van der Waals surface area contributed by atoms with Crippen LogP contribution < -0.4 is 10.5 Å². The van der Waals surface area contributed by atoms with Crippen molar-refractivity contribution in [2.75, 3.05) is 6.61 Å². The molecule has 1 unspecified atom stereocenters. The van der Waals surface area contributed by atoms with Gasteiger partial charge in [-0.15, -0.1) is 0 Å². The Morgan fingerprint density at radius 1 is 1.11 bits per heavy atom. The second-order valence-corrected chi connectivity index (χ2v) is 4.54. The highest BCUT2D eigenvalue weighted by atomic mass is 16.5. The van der Waals surface area contributed by atoms with Crippen molar-refractivity contribution < 1.29 is 9.84 Å². The van der Waals surface area contributed by atoms with Gasteiger partial charge in [0.25, 0.3) is 0 Å². The third kappa shape index (κ3) is 3.56. The summed E-state index contributed by atoms with van der Waals surface area (Å²) in [7, 11) is 0. The van der Waals surface area contributed by atoms with E-state index in [4.69, 9.17) is 10.5 Å². The fourth-order valence-electron chi connectivity index (χ4n) is 1.86. The summed E-state index contributed by atoms with van der Waals surface area (Å²) in [6, 6.07) is 15.4. The number of aryl methyl sites for hydroxylation is 1. The van der Waals surface area contributed by atoms with Crippen LogP contribution in [0.15, 0.2) is 48.5 Å². The molecule has 0 fully saturated rings. The molecule has 0 saturated heterocycles. The van der Waals surface area contributed by atoms with Crippen LogP contribution in [0.25, 0.3) is 0 Å². The standard InChI is InChI=1S/C16H19NO2/c1-12-4-2-3-5-16(12)19-11-15(18)14-8-6-13(10-17)7-9-14/h2-9,15,18H,10-11,17H2,1H3. The predicted molar refractivity (Wildman–Crippen MR) is 76.0 cm³/mol. The maximum Gasteiger partial charge on any atom is 0.122 e. The van der Waals surface area contributed by atoms with E-state index in [1.165, 1.54) is 0 Å². The Morgan fingerprint density at radius 3 is 2.42 bits per heavy atom. The lowest BCUT2D eigenvalue weighted by Gasteiger charge is -2.14. The van der Waals surface area contributed by atoms with Crippen LogP contribution in [-0.4, -0.2) is 11.7 Å². The van der Waals surface area contributed by atoms with Crippen LogP contribution >= 0.6 is 0 Å². The second-order valence-electron chi connectivity index (χ2n) is 4.54. The number of aliphatic hydroxyl groups is 1. The summed E-state index contributed by atoms with van der Waals surface area (Å²) >= 11 is 0. The molecule has 2 aromatic carbocycles. The molecule has 0 amide bonds. The van der Waals surface area contributed by atoms with Crippen LogP contribution in [0.4, 0.5) is 0 Å². The molecule has 3 nitrogen and oxygen atoms in total. The second kappa shape index (κ2) is 6.36. The zero-order valence-corrected chi connectivity index (χ0v) is 11.0. The van der Waals surface area contributed by atoms with Crippen LogP contribution in [-0.2, 0) is 6.54 Å². The van der Waals surface area contributed by atoms with Crippen molar-refractivity contribution >= 4 is 0 Å². The molecule has 0 aromatic heterocycles. The number of nitrogens with two attached hydrogens (primary N) is 1. The summed E-state index contributed by atoms with van der Waals surface area (Å²) in [5.41, 5.74) is 8.49. The van der Waals surface area contributed by atoms with Gasteiger partial charge in [-0.05, 0) is 29.7 Å². The third-order valence-electron chi connectivity index (χ3n) is 3.09. The van der Waals surface area contributed by atoms with Crippen LogP contribution in [0.2, 0.25) is 0 Å². The molecule has 2 aromatic rings. The molecule has 0 aliphatic heterocycles. The van der Waals surface area contributed by atoms with E-state index in [9.17, 15) is 5.11 Å². The first-order valence-electron chi connectivity index (χ1n) is 6.36. The van der Waals surface area contributed by atoms with Gasteiger partial charge >= 0.3 is 0 Å². The molecular weight excluding hydrogens is 238 g/mol. The van der Waals surface area contributed by atoms with Gasteiger partial charge in [-0.3, -0.25) is 0 Å². The van der Waals surface area contributed by atoms with Gasteiger partial charge in [0.15, 0.2) is 0 Å². The Morgan fingerprint density at radius 2 is 1.79 bits per heavy atom. The molecule has 19 heavy (non-hydrogen) atoms. The molecule has 0 heterocycles. The highest BCUT2D eigenvalue weighted by Gasteiger charge is 2.09. The molecule has 0 radical (unpaired) electrons. The first kappa shape index (κ1) is 13.6. The molecule has 0 aliphatic rings. The molecule has 0 spiro atoms. The highest BCUT2D eigenvalue weighted by Crippen LogP contribution is 2.19. The topological polar surface area (TPSA) is 55.5 Å². The highest BCUT2D eigenvalue weighted by molar-refractivity contribution is 5.32. The summed E-state index contributed by atoms with van der Waals surface area (Å²) in [5.74, 6) is 0.806. The quantitative estimate of drug-likeness (QED) is 0.865. The number of aliphatic hydroxyl groups excluding tert-OH is 1. The molecule has 100 valence electrons. The first-order valence-corrected chi connectivity index (χ1v) is 6.36. The van der Waals surface area contributed by atoms with E-state index in [0.717, 1.165) is 22.4 Å². The predicted octanol–water partition coefficient (Wildman–Crippen LogP) is 2.57. The molecule has 0 bridgehead atoms. The van der Waals surface area contributed by atoms with Gasteiger partial charge in [0.05, 0.1) is 0 Å². The van der Waals surface area contributed by atoms with Gasteiger partial charge in [-0.2, -0.15) is 0 Å². The fraction of sp³-hybridized carbons (Fsp3) is 0.250. The van der Waals surface area contributed by atoms with Crippen molar-refractivity contribution in [1.82, 2.24) is 0 Å². The van der Waals surface area contributed by atoms with Crippen molar-refractivity contribution in [3.05, 3.63) is 65.2 Å². The minimum absolute atomic E-state index is 0.243. The number of para-hydroxylation sites is 1. The van der Waals surface area contributed by atoms with E-state index in [1.807, 2.05) is 55.5 Å². The maximum atomic E-state index is 10.1. The Labute approximate surface area is 113 Å². The Kier molecular flexibility index (Phi) is 4.55. The summed E-state index contributed by atoms with van der Waals surface area (Å²) in [5, 5.41) is 10.1. The number of benzene rings is 2. The number of hydrogen-bond acceptors (Lipinski definition) is 3. The van der Waals surface area contributed by atoms with Crippen molar-refractivity contribution in [2.45, 2.75) is 19.6 Å². The summed E-state index contributed by atoms with van der Waals surface area (Å²) < 4.78 is 5.63. The van der Waals surface area contributed by atoms with Crippen LogP contribution in [0.5, 0.6) is 5.75 Å². The SMILES string of the molecule is Cc1ccccc1OCC(O)c1ccc(CN)cc1. The lowest BCUT2D eigenvalue weighted by Crippen LogP contribution is -2.10. The van der Waals surface area contributed by atoms with Crippen LogP contribution in [0.1, 0.15) is 22.8 Å². The van der Waals surface area contributed by atoms with Crippen molar-refractivity contribution in [2.24, 2.45) is 5.73 Å². The lowest BCUT2D eigenvalue weighted by atomic mass is 10.1. The van der Waals surface area contributed by atoms with Gasteiger partial charge in [0, 0.05) is 6.54 Å². The molecule has 1 atom stereocenters. The zero-order chi connectivity index (χ0) is 13.7. The summed E-state index contributed by atoms with van der Waals surface area (Å²) in [6.07, 6.45) is -0.633. The maximum absolute atomic E-state index is 10.1. The zero-order valence-electron chi connectivity index (χ0n) is 11.0. The molecular formula is C16H19NO2. The normalized spacial score (nSPS) is 12.2. The average molecular weight is 257 g/mol. The van der Waals surface area contributed by atoms with Crippen LogP contribution in [0.3, 0.4) is 0 Å². The summed E-state index contributed by atoms with van der Waals surface area (Å²) in [4.78, 5) is 0. The number of rotatable bonds is 5. The average Bonchev–Trinajstić information content (AvgIpc) is 2.46. The monoisotopic (exact) mass is 257 g/mol. The van der Waals surface area contributed by atoms with E-state index in [1.54, 1.807) is 0 Å². The van der Waals surface area contributed by atoms with E-state index < -0.39 is 6.10 Å². The van der Waals surface area contributed by atoms with E-state index in [0.29, 0.717) is 6.54 Å². The Bertz CT molecular complexity index is 523. The van der Waals surface area contributed by atoms with Gasteiger partial charge in [-0.25, -0.2) is 0 Å². The number of hydrogen-bond donors (Lipinski definition) is 2. The largest absolute Gasteiger partial charge is 0.490 e. The molecule has 3 heteroatoms. The van der Waals surface area contributed by atoms with Crippen LogP contribution in [0, 0.1) is 6.92 Å². The smallest absolute Gasteiger partial charge is 0.122 e. The van der Waals surface area contributed by atoms with Crippen molar-refractivity contribution in [3.8, 4) is 5.75 Å². The van der Waals surface area contributed by atoms with Gasteiger partial charge in [-0.1, -0.05) is 42.5 Å². The minimum atomic E-state index is -0.633. The molecule has 3 N–H and O–H groups in total. The van der Waals surface area contributed by atoms with Gasteiger partial charge in [0.2, 0.25) is 0 Å². The van der Waals surface area contributed by atoms with Crippen molar-refractivity contribution in [1.29, 1.82) is 0 Å². The van der Waals surface area contributed by atoms with E-state index >= 15 is 0 Å². The lowest BCUT2D eigenvalue weighted by molar-refractivity contribution is 0.108. The third-order valence-corrected chi connectivity index (χ3v) is 3.09. The fourth-order valence-corrected chi connectivity index (χ4v) is 1.86. The summed E-state index contributed by atoms with van der Waals surface area (Å²) in [6.45, 7) is 2.74. The van der Waals surface area contributed by atoms with E-state index in [-0.39, 0.29) is 6.61 Å². The minimum Gasteiger partial charge on any atom is -0.490 e. The molecule has 0 aliphatic carbocycles. The van der Waals surface area contributed by atoms with Gasteiger partial charge < -0.3 is 15.6 Å². The first-order chi connectivity index (χ1) is 9.20. The molecule has 2 rings (SSSR count). The van der Waals surface area contributed by atoms with Crippen molar-refractivity contribution in [3.63, 3.8) is 0 Å². The van der Waals surface area contributed by atoms with E-state index in [2.05, 4.69) is 0 Å².